The van der Waals surface area contributed by atoms with E-state index in [9.17, 15) is 19.7 Å². The number of aromatic nitrogens is 1. The molecule has 3 aromatic rings. The lowest BCUT2D eigenvalue weighted by Gasteiger charge is -2.22. The molecule has 1 unspecified atom stereocenters. The van der Waals surface area contributed by atoms with E-state index < -0.39 is 23.1 Å². The van der Waals surface area contributed by atoms with Crippen LogP contribution in [0, 0.1) is 10.1 Å². The van der Waals surface area contributed by atoms with Crippen molar-refractivity contribution in [3.63, 3.8) is 0 Å². The van der Waals surface area contributed by atoms with E-state index in [1.54, 1.807) is 12.1 Å². The molecule has 178 valence electrons. The summed E-state index contributed by atoms with van der Waals surface area (Å²) in [6.07, 6.45) is 0.726. The smallest absolute Gasteiger partial charge is 0.407 e. The van der Waals surface area contributed by atoms with Crippen molar-refractivity contribution in [3.05, 3.63) is 91.9 Å². The molecule has 0 saturated heterocycles. The van der Waals surface area contributed by atoms with Crippen LogP contribution in [-0.2, 0) is 28.8 Å². The lowest BCUT2D eigenvalue weighted by atomic mass is 10.0. The van der Waals surface area contributed by atoms with Crippen LogP contribution in [0.3, 0.4) is 0 Å². The zero-order chi connectivity index (χ0) is 24.5. The zero-order valence-electron chi connectivity index (χ0n) is 18.9. The Morgan fingerprint density at radius 3 is 2.32 bits per heavy atom. The zero-order valence-corrected chi connectivity index (χ0v) is 19.7. The summed E-state index contributed by atoms with van der Waals surface area (Å²) in [4.78, 5) is 40.4. The maximum atomic E-state index is 13.3. The molecule has 0 bridgehead atoms. The first-order valence-electron chi connectivity index (χ1n) is 10.8. The molecule has 2 amide bonds. The molecular weight excluding hydrogens is 456 g/mol. The van der Waals surface area contributed by atoms with Crippen LogP contribution in [0.1, 0.15) is 34.8 Å². The molecule has 34 heavy (non-hydrogen) atoms. The molecule has 0 fully saturated rings. The standard InChI is InChI=1S/C24H26N4O5S/c1-3-22-25-21(15-34-22)19(13-17-9-11-18(12-10-17)28(31)32)26-23(29)20(27-24(30)33-2)14-16-7-5-4-6-8-16/h4-12,15,19-20H,3,13-14H2,1-2H3,(H,26,29)(H,27,30)/t19?,20-/m0/s1. The quantitative estimate of drug-likeness (QED) is 0.333. The van der Waals surface area contributed by atoms with Crippen LogP contribution in [0.15, 0.2) is 60.0 Å². The van der Waals surface area contributed by atoms with Crippen molar-refractivity contribution in [1.29, 1.82) is 0 Å². The first kappa shape index (κ1) is 24.8. The van der Waals surface area contributed by atoms with Crippen molar-refractivity contribution < 1.29 is 19.2 Å². The molecule has 10 heteroatoms. The van der Waals surface area contributed by atoms with Crippen molar-refractivity contribution in [2.24, 2.45) is 0 Å². The first-order chi connectivity index (χ1) is 16.4. The van der Waals surface area contributed by atoms with E-state index in [2.05, 4.69) is 15.6 Å². The second kappa shape index (κ2) is 11.9. The van der Waals surface area contributed by atoms with E-state index in [1.807, 2.05) is 42.6 Å². The van der Waals surface area contributed by atoms with Crippen LogP contribution in [0.2, 0.25) is 0 Å². The Balaban J connectivity index is 1.83. The number of carbonyl (C=O) groups is 2. The summed E-state index contributed by atoms with van der Waals surface area (Å²) >= 11 is 1.51. The number of alkyl carbamates (subject to hydrolysis) is 1. The molecule has 2 atom stereocenters. The van der Waals surface area contributed by atoms with Crippen LogP contribution in [-0.4, -0.2) is 35.1 Å². The van der Waals surface area contributed by atoms with Gasteiger partial charge >= 0.3 is 6.09 Å². The number of non-ortho nitro benzene ring substituents is 1. The van der Waals surface area contributed by atoms with Gasteiger partial charge in [0.05, 0.1) is 28.8 Å². The van der Waals surface area contributed by atoms with Crippen molar-refractivity contribution >= 4 is 29.0 Å². The van der Waals surface area contributed by atoms with Gasteiger partial charge < -0.3 is 15.4 Å². The number of aryl methyl sites for hydroxylation is 1. The highest BCUT2D eigenvalue weighted by atomic mass is 32.1. The number of amides is 2. The number of hydrogen-bond donors (Lipinski definition) is 2. The highest BCUT2D eigenvalue weighted by Gasteiger charge is 2.26. The predicted octanol–water partition coefficient (Wildman–Crippen LogP) is 3.98. The average Bonchev–Trinajstić information content (AvgIpc) is 3.33. The molecule has 9 nitrogen and oxygen atoms in total. The number of nitrogens with one attached hydrogen (secondary N) is 2. The summed E-state index contributed by atoms with van der Waals surface area (Å²) in [7, 11) is 1.24. The van der Waals surface area contributed by atoms with Crippen LogP contribution < -0.4 is 10.6 Å². The number of thiazole rings is 1. The van der Waals surface area contributed by atoms with Crippen molar-refractivity contribution in [2.45, 2.75) is 38.3 Å². The van der Waals surface area contributed by atoms with Crippen LogP contribution in [0.4, 0.5) is 10.5 Å². The predicted molar refractivity (Wildman–Crippen MR) is 129 cm³/mol. The Bertz CT molecular complexity index is 1120. The minimum atomic E-state index is -0.863. The fraction of sp³-hybridized carbons (Fsp3) is 0.292. The highest BCUT2D eigenvalue weighted by Crippen LogP contribution is 2.23. The molecular formula is C24H26N4O5S. The number of ether oxygens (including phenoxy) is 1. The third-order valence-electron chi connectivity index (χ3n) is 5.21. The summed E-state index contributed by atoms with van der Waals surface area (Å²) in [5.74, 6) is -0.382. The molecule has 3 rings (SSSR count). The van der Waals surface area contributed by atoms with Crippen molar-refractivity contribution in [1.82, 2.24) is 15.6 Å². The fourth-order valence-electron chi connectivity index (χ4n) is 3.40. The summed E-state index contributed by atoms with van der Waals surface area (Å²) in [6, 6.07) is 14.2. The molecule has 0 aliphatic heterocycles. The maximum Gasteiger partial charge on any atom is 0.407 e. The SMILES string of the molecule is CCc1nc(C(Cc2ccc([N+](=O)[O-])cc2)NC(=O)[C@H](Cc2ccccc2)NC(=O)OC)cs1. The highest BCUT2D eigenvalue weighted by molar-refractivity contribution is 7.09. The van der Waals surface area contributed by atoms with E-state index >= 15 is 0 Å². The lowest BCUT2D eigenvalue weighted by molar-refractivity contribution is -0.384. The molecule has 1 heterocycles. The summed E-state index contributed by atoms with van der Waals surface area (Å²) in [5.41, 5.74) is 2.39. The molecule has 2 aromatic carbocycles. The van der Waals surface area contributed by atoms with Gasteiger partial charge in [-0.3, -0.25) is 14.9 Å². The van der Waals surface area contributed by atoms with Crippen molar-refractivity contribution in [3.8, 4) is 0 Å². The first-order valence-corrected chi connectivity index (χ1v) is 11.6. The Labute approximate surface area is 201 Å². The Morgan fingerprint density at radius 1 is 1.06 bits per heavy atom. The van der Waals surface area contributed by atoms with Crippen molar-refractivity contribution in [2.75, 3.05) is 7.11 Å². The third kappa shape index (κ3) is 6.85. The Kier molecular flexibility index (Phi) is 8.69. The van der Waals surface area contributed by atoms with Gasteiger partial charge in [0.25, 0.3) is 5.69 Å². The van der Waals surface area contributed by atoms with E-state index in [-0.39, 0.29) is 18.0 Å². The molecule has 0 radical (unpaired) electrons. The largest absolute Gasteiger partial charge is 0.453 e. The van der Waals surface area contributed by atoms with Gasteiger partial charge in [-0.05, 0) is 24.0 Å². The number of nitro groups is 1. The number of rotatable bonds is 10. The molecule has 0 saturated carbocycles. The molecule has 0 aliphatic carbocycles. The lowest BCUT2D eigenvalue weighted by Crippen LogP contribution is -2.49. The normalized spacial score (nSPS) is 12.4. The summed E-state index contributed by atoms with van der Waals surface area (Å²) in [5, 5.41) is 19.4. The minimum Gasteiger partial charge on any atom is -0.453 e. The van der Waals surface area contributed by atoms with Gasteiger partial charge in [0.15, 0.2) is 0 Å². The third-order valence-corrected chi connectivity index (χ3v) is 6.22. The van der Waals surface area contributed by atoms with Crippen LogP contribution in [0.5, 0.6) is 0 Å². The van der Waals surface area contributed by atoms with Gasteiger partial charge in [0.2, 0.25) is 5.91 Å². The van der Waals surface area contributed by atoms with Gasteiger partial charge in [0.1, 0.15) is 6.04 Å². The van der Waals surface area contributed by atoms with Gasteiger partial charge in [-0.15, -0.1) is 11.3 Å². The monoisotopic (exact) mass is 482 g/mol. The van der Waals surface area contributed by atoms with Crippen LogP contribution in [0.25, 0.3) is 0 Å². The Morgan fingerprint density at radius 2 is 1.74 bits per heavy atom. The molecule has 1 aromatic heterocycles. The maximum absolute atomic E-state index is 13.3. The van der Waals surface area contributed by atoms with E-state index in [4.69, 9.17) is 4.74 Å². The number of carbonyl (C=O) groups excluding carboxylic acids is 2. The van der Waals surface area contributed by atoms with Gasteiger partial charge in [0, 0.05) is 23.9 Å². The van der Waals surface area contributed by atoms with Crippen LogP contribution >= 0.6 is 11.3 Å². The number of methoxy groups -OCH3 is 1. The average molecular weight is 483 g/mol. The topological polar surface area (TPSA) is 123 Å². The van der Waals surface area contributed by atoms with Gasteiger partial charge in [-0.1, -0.05) is 49.4 Å². The number of benzene rings is 2. The minimum absolute atomic E-state index is 0.00327. The second-order valence-electron chi connectivity index (χ2n) is 7.59. The molecule has 2 N–H and O–H groups in total. The second-order valence-corrected chi connectivity index (χ2v) is 8.53. The van der Waals surface area contributed by atoms with E-state index in [0.29, 0.717) is 12.1 Å². The number of hydrogen-bond acceptors (Lipinski definition) is 7. The summed E-state index contributed by atoms with van der Waals surface area (Å²) in [6.45, 7) is 2.00. The van der Waals surface area contributed by atoms with Gasteiger partial charge in [-0.2, -0.15) is 0 Å². The van der Waals surface area contributed by atoms with E-state index in [1.165, 1.54) is 30.6 Å². The summed E-state index contributed by atoms with van der Waals surface area (Å²) < 4.78 is 4.71. The fourth-order valence-corrected chi connectivity index (χ4v) is 4.20. The molecule has 0 aliphatic rings. The van der Waals surface area contributed by atoms with E-state index in [0.717, 1.165) is 22.6 Å². The number of nitrogens with zero attached hydrogens (tertiary/aromatic N) is 2. The number of nitro benzene ring substituents is 1. The van der Waals surface area contributed by atoms with Gasteiger partial charge in [-0.25, -0.2) is 9.78 Å². The Hall–Kier alpha value is -3.79. The molecule has 0 spiro atoms.